The average Bonchev–Trinajstić information content (AvgIpc) is 2.35. The van der Waals surface area contributed by atoms with E-state index in [2.05, 4.69) is 23.5 Å². The molecule has 1 aliphatic rings. The maximum atomic E-state index is 12.2. The van der Waals surface area contributed by atoms with Crippen LogP contribution in [0.15, 0.2) is 29.2 Å². The van der Waals surface area contributed by atoms with E-state index in [0.717, 1.165) is 25.2 Å². The van der Waals surface area contributed by atoms with Gasteiger partial charge in [-0.3, -0.25) is 4.90 Å². The number of nitrogens with one attached hydrogen (secondary N) is 1. The highest BCUT2D eigenvalue weighted by molar-refractivity contribution is 7.89. The molecule has 0 amide bonds. The summed E-state index contributed by atoms with van der Waals surface area (Å²) in [4.78, 5) is 2.56. The maximum absolute atomic E-state index is 12.2. The number of nitrogens with zero attached hydrogens (tertiary/aromatic N) is 1. The molecule has 3 N–H and O–H groups in total. The SMILES string of the molecule is CC(C)CN1CC(NS(=O)(=O)c2ccc(CN)cc2)C1. The largest absolute Gasteiger partial charge is 0.326 e. The molecule has 20 heavy (non-hydrogen) atoms. The maximum Gasteiger partial charge on any atom is 0.240 e. The summed E-state index contributed by atoms with van der Waals surface area (Å²) in [6.45, 7) is 7.34. The highest BCUT2D eigenvalue weighted by Gasteiger charge is 2.30. The minimum absolute atomic E-state index is 0.0212. The van der Waals surface area contributed by atoms with Crippen LogP contribution >= 0.6 is 0 Å². The lowest BCUT2D eigenvalue weighted by molar-refractivity contribution is 0.125. The Kier molecular flexibility index (Phi) is 4.80. The van der Waals surface area contributed by atoms with Crippen molar-refractivity contribution in [3.63, 3.8) is 0 Å². The Balaban J connectivity index is 1.92. The lowest BCUT2D eigenvalue weighted by Crippen LogP contribution is -2.59. The van der Waals surface area contributed by atoms with Crippen LogP contribution in [0.5, 0.6) is 0 Å². The fourth-order valence-corrected chi connectivity index (χ4v) is 3.62. The molecular weight excluding hydrogens is 274 g/mol. The van der Waals surface area contributed by atoms with E-state index in [-0.39, 0.29) is 6.04 Å². The van der Waals surface area contributed by atoms with E-state index in [1.807, 2.05) is 0 Å². The quantitative estimate of drug-likeness (QED) is 0.813. The van der Waals surface area contributed by atoms with Crippen LogP contribution in [0.3, 0.4) is 0 Å². The second kappa shape index (κ2) is 6.22. The van der Waals surface area contributed by atoms with Crippen molar-refractivity contribution in [1.82, 2.24) is 9.62 Å². The lowest BCUT2D eigenvalue weighted by atomic mass is 10.1. The minimum Gasteiger partial charge on any atom is -0.326 e. The highest BCUT2D eigenvalue weighted by Crippen LogP contribution is 2.15. The van der Waals surface area contributed by atoms with E-state index >= 15 is 0 Å². The topological polar surface area (TPSA) is 75.4 Å². The zero-order valence-electron chi connectivity index (χ0n) is 12.0. The van der Waals surface area contributed by atoms with Crippen LogP contribution in [0, 0.1) is 5.92 Å². The molecule has 1 heterocycles. The van der Waals surface area contributed by atoms with Gasteiger partial charge in [0.2, 0.25) is 10.0 Å². The predicted molar refractivity (Wildman–Crippen MR) is 79.7 cm³/mol. The Labute approximate surface area is 121 Å². The summed E-state index contributed by atoms with van der Waals surface area (Å²) in [5.41, 5.74) is 6.43. The van der Waals surface area contributed by atoms with E-state index in [0.29, 0.717) is 17.4 Å². The Morgan fingerprint density at radius 2 is 1.90 bits per heavy atom. The van der Waals surface area contributed by atoms with Gasteiger partial charge < -0.3 is 5.73 Å². The molecule has 5 nitrogen and oxygen atoms in total. The van der Waals surface area contributed by atoms with Gasteiger partial charge in [0.15, 0.2) is 0 Å². The summed E-state index contributed by atoms with van der Waals surface area (Å²) in [5.74, 6) is 0.608. The van der Waals surface area contributed by atoms with Crippen molar-refractivity contribution in [3.8, 4) is 0 Å². The first kappa shape index (κ1) is 15.4. The monoisotopic (exact) mass is 297 g/mol. The van der Waals surface area contributed by atoms with Gasteiger partial charge in [0, 0.05) is 32.2 Å². The van der Waals surface area contributed by atoms with Gasteiger partial charge in [-0.2, -0.15) is 0 Å². The first-order valence-electron chi connectivity index (χ1n) is 6.94. The number of hydrogen-bond donors (Lipinski definition) is 2. The molecule has 0 saturated carbocycles. The summed E-state index contributed by atoms with van der Waals surface area (Å²) in [5, 5.41) is 0. The van der Waals surface area contributed by atoms with Crippen molar-refractivity contribution in [3.05, 3.63) is 29.8 Å². The first-order chi connectivity index (χ1) is 9.40. The van der Waals surface area contributed by atoms with Gasteiger partial charge in [0.1, 0.15) is 0 Å². The Morgan fingerprint density at radius 1 is 1.30 bits per heavy atom. The number of rotatable bonds is 6. The summed E-state index contributed by atoms with van der Waals surface area (Å²) in [6, 6.07) is 6.73. The Bertz CT molecular complexity index is 534. The van der Waals surface area contributed by atoms with Crippen LogP contribution in [0.25, 0.3) is 0 Å². The normalized spacial score (nSPS) is 17.4. The smallest absolute Gasteiger partial charge is 0.240 e. The molecule has 1 saturated heterocycles. The standard InChI is InChI=1S/C14H23N3O2S/c1-11(2)8-17-9-13(10-17)16-20(18,19)14-5-3-12(7-15)4-6-14/h3-6,11,13,16H,7-10,15H2,1-2H3. The van der Waals surface area contributed by atoms with E-state index in [1.54, 1.807) is 24.3 Å². The third-order valence-corrected chi connectivity index (χ3v) is 4.91. The minimum atomic E-state index is -3.41. The van der Waals surface area contributed by atoms with E-state index < -0.39 is 10.0 Å². The van der Waals surface area contributed by atoms with Crippen LogP contribution < -0.4 is 10.5 Å². The third kappa shape index (κ3) is 3.79. The molecule has 112 valence electrons. The molecule has 0 aromatic heterocycles. The lowest BCUT2D eigenvalue weighted by Gasteiger charge is -2.40. The number of nitrogens with two attached hydrogens (primary N) is 1. The molecule has 1 aromatic carbocycles. The average molecular weight is 297 g/mol. The van der Waals surface area contributed by atoms with Gasteiger partial charge in [-0.05, 0) is 23.6 Å². The Morgan fingerprint density at radius 3 is 2.40 bits per heavy atom. The van der Waals surface area contributed by atoms with Crippen LogP contribution in [-0.4, -0.2) is 39.0 Å². The molecule has 0 radical (unpaired) electrons. The van der Waals surface area contributed by atoms with Crippen LogP contribution in [0.2, 0.25) is 0 Å². The van der Waals surface area contributed by atoms with E-state index in [9.17, 15) is 8.42 Å². The van der Waals surface area contributed by atoms with E-state index in [4.69, 9.17) is 5.73 Å². The van der Waals surface area contributed by atoms with Crippen LogP contribution in [-0.2, 0) is 16.6 Å². The van der Waals surface area contributed by atoms with Gasteiger partial charge in [-0.1, -0.05) is 26.0 Å². The number of benzene rings is 1. The van der Waals surface area contributed by atoms with Crippen molar-refractivity contribution in [1.29, 1.82) is 0 Å². The second-order valence-corrected chi connectivity index (χ2v) is 7.49. The van der Waals surface area contributed by atoms with Gasteiger partial charge >= 0.3 is 0 Å². The van der Waals surface area contributed by atoms with Gasteiger partial charge in [-0.15, -0.1) is 0 Å². The molecule has 0 atom stereocenters. The molecule has 0 unspecified atom stereocenters. The van der Waals surface area contributed by atoms with Crippen molar-refractivity contribution in [2.45, 2.75) is 31.3 Å². The fourth-order valence-electron chi connectivity index (χ4n) is 2.40. The highest BCUT2D eigenvalue weighted by atomic mass is 32.2. The zero-order valence-corrected chi connectivity index (χ0v) is 12.9. The summed E-state index contributed by atoms with van der Waals surface area (Å²) >= 11 is 0. The predicted octanol–water partition coefficient (Wildman–Crippen LogP) is 0.764. The van der Waals surface area contributed by atoms with Gasteiger partial charge in [0.25, 0.3) is 0 Å². The van der Waals surface area contributed by atoms with Crippen molar-refractivity contribution >= 4 is 10.0 Å². The summed E-state index contributed by atoms with van der Waals surface area (Å²) < 4.78 is 27.2. The molecule has 0 spiro atoms. The molecule has 1 aromatic rings. The zero-order chi connectivity index (χ0) is 14.8. The molecular formula is C14H23N3O2S. The molecule has 1 aliphatic heterocycles. The Hall–Kier alpha value is -0.950. The molecule has 0 bridgehead atoms. The molecule has 2 rings (SSSR count). The van der Waals surface area contributed by atoms with Crippen LogP contribution in [0.4, 0.5) is 0 Å². The second-order valence-electron chi connectivity index (χ2n) is 5.78. The van der Waals surface area contributed by atoms with Crippen molar-refractivity contribution in [2.24, 2.45) is 11.7 Å². The number of hydrogen-bond acceptors (Lipinski definition) is 4. The number of likely N-dealkylation sites (tertiary alicyclic amines) is 1. The van der Waals surface area contributed by atoms with Crippen molar-refractivity contribution in [2.75, 3.05) is 19.6 Å². The third-order valence-electron chi connectivity index (χ3n) is 3.37. The van der Waals surface area contributed by atoms with Crippen molar-refractivity contribution < 1.29 is 8.42 Å². The molecule has 1 fully saturated rings. The molecule has 6 heteroatoms. The van der Waals surface area contributed by atoms with Gasteiger partial charge in [0.05, 0.1) is 4.90 Å². The van der Waals surface area contributed by atoms with E-state index in [1.165, 1.54) is 0 Å². The number of sulfonamides is 1. The molecule has 0 aliphatic carbocycles. The summed E-state index contributed by atoms with van der Waals surface area (Å²) in [6.07, 6.45) is 0. The fraction of sp³-hybridized carbons (Fsp3) is 0.571. The van der Waals surface area contributed by atoms with Crippen LogP contribution in [0.1, 0.15) is 19.4 Å². The first-order valence-corrected chi connectivity index (χ1v) is 8.42. The summed E-state index contributed by atoms with van der Waals surface area (Å²) in [7, 11) is -3.41. The van der Waals surface area contributed by atoms with Gasteiger partial charge in [-0.25, -0.2) is 13.1 Å².